The molecule has 2 aromatic rings. The van der Waals surface area contributed by atoms with E-state index in [0.717, 1.165) is 56.4 Å². The van der Waals surface area contributed by atoms with Gasteiger partial charge in [-0.2, -0.15) is 0 Å². The monoisotopic (exact) mass is 382 g/mol. The average Bonchev–Trinajstić information content (AvgIpc) is 3.41. The normalized spacial score (nSPS) is 19.0. The fourth-order valence-corrected chi connectivity index (χ4v) is 4.31. The number of carbonyl (C=O) groups excluding carboxylic acids is 1. The maximum Gasteiger partial charge on any atom is 0.255 e. The van der Waals surface area contributed by atoms with Crippen molar-refractivity contribution < 1.29 is 9.21 Å². The molecule has 2 saturated heterocycles. The number of pyridine rings is 1. The number of anilines is 1. The van der Waals surface area contributed by atoms with Crippen LogP contribution in [0.5, 0.6) is 0 Å². The Bertz CT molecular complexity index is 791. The summed E-state index contributed by atoms with van der Waals surface area (Å²) in [4.78, 5) is 22.2. The van der Waals surface area contributed by atoms with Crippen LogP contribution in [0, 0.1) is 6.92 Å². The molecule has 28 heavy (non-hydrogen) atoms. The predicted octanol–water partition coefficient (Wildman–Crippen LogP) is 3.54. The van der Waals surface area contributed by atoms with Crippen molar-refractivity contribution in [3.8, 4) is 0 Å². The van der Waals surface area contributed by atoms with Gasteiger partial charge in [0.1, 0.15) is 17.3 Å². The number of hydrogen-bond acceptors (Lipinski definition) is 5. The van der Waals surface area contributed by atoms with E-state index in [4.69, 9.17) is 4.42 Å². The maximum absolute atomic E-state index is 13.0. The highest BCUT2D eigenvalue weighted by atomic mass is 16.3. The SMILES string of the molecule is Cc1ccc(C(CNC(=O)c2cccnc2N2CCCCC2)N2CCCC2)o1. The van der Waals surface area contributed by atoms with Gasteiger partial charge in [0.15, 0.2) is 0 Å². The number of likely N-dealkylation sites (tertiary alicyclic amines) is 1. The Kier molecular flexibility index (Phi) is 5.95. The first-order chi connectivity index (χ1) is 13.7. The van der Waals surface area contributed by atoms with Crippen LogP contribution >= 0.6 is 0 Å². The fourth-order valence-electron chi connectivity index (χ4n) is 4.31. The lowest BCUT2D eigenvalue weighted by Gasteiger charge is -2.29. The highest BCUT2D eigenvalue weighted by Gasteiger charge is 2.27. The Morgan fingerprint density at radius 2 is 1.86 bits per heavy atom. The molecule has 0 aromatic carbocycles. The number of aryl methyl sites for hydroxylation is 1. The standard InChI is InChI=1S/C22H30N4O2/c1-17-9-10-20(28-17)19(25-12-5-6-13-25)16-24-22(27)18-8-7-11-23-21(18)26-14-3-2-4-15-26/h7-11,19H,2-6,12-16H2,1H3,(H,24,27). The van der Waals surface area contributed by atoms with Crippen molar-refractivity contribution in [3.05, 3.63) is 47.5 Å². The van der Waals surface area contributed by atoms with Gasteiger partial charge in [-0.3, -0.25) is 9.69 Å². The molecule has 0 aliphatic carbocycles. The second-order valence-electron chi connectivity index (χ2n) is 7.84. The van der Waals surface area contributed by atoms with Crippen molar-refractivity contribution in [1.29, 1.82) is 0 Å². The smallest absolute Gasteiger partial charge is 0.255 e. The summed E-state index contributed by atoms with van der Waals surface area (Å²) in [5.74, 6) is 2.60. The van der Waals surface area contributed by atoms with Gasteiger partial charge in [-0.1, -0.05) is 0 Å². The molecular weight excluding hydrogens is 352 g/mol. The molecule has 0 bridgehead atoms. The third kappa shape index (κ3) is 4.22. The van der Waals surface area contributed by atoms with Crippen LogP contribution in [0.15, 0.2) is 34.9 Å². The van der Waals surface area contributed by atoms with E-state index in [2.05, 4.69) is 20.1 Å². The molecule has 1 N–H and O–H groups in total. The van der Waals surface area contributed by atoms with Gasteiger partial charge < -0.3 is 14.6 Å². The Labute approximate surface area is 166 Å². The van der Waals surface area contributed by atoms with Gasteiger partial charge in [0, 0.05) is 25.8 Å². The highest BCUT2D eigenvalue weighted by Crippen LogP contribution is 2.27. The lowest BCUT2D eigenvalue weighted by molar-refractivity contribution is 0.0933. The molecule has 4 heterocycles. The van der Waals surface area contributed by atoms with Gasteiger partial charge in [-0.25, -0.2) is 4.98 Å². The molecule has 1 atom stereocenters. The van der Waals surface area contributed by atoms with E-state index in [1.54, 1.807) is 6.20 Å². The van der Waals surface area contributed by atoms with Crippen LogP contribution in [-0.4, -0.2) is 48.5 Å². The molecule has 0 radical (unpaired) electrons. The minimum absolute atomic E-state index is 0.0545. The van der Waals surface area contributed by atoms with E-state index in [1.807, 2.05) is 31.2 Å². The molecule has 150 valence electrons. The van der Waals surface area contributed by atoms with Crippen molar-refractivity contribution in [2.45, 2.75) is 45.1 Å². The molecule has 2 aliphatic heterocycles. The van der Waals surface area contributed by atoms with Crippen LogP contribution in [0.1, 0.15) is 60.0 Å². The lowest BCUT2D eigenvalue weighted by Crippen LogP contribution is -2.38. The molecule has 0 spiro atoms. The summed E-state index contributed by atoms with van der Waals surface area (Å²) in [7, 11) is 0. The predicted molar refractivity (Wildman–Crippen MR) is 110 cm³/mol. The number of amides is 1. The molecule has 2 aromatic heterocycles. The van der Waals surface area contributed by atoms with Gasteiger partial charge in [-0.05, 0) is 76.4 Å². The van der Waals surface area contributed by atoms with Crippen molar-refractivity contribution in [3.63, 3.8) is 0 Å². The molecule has 6 nitrogen and oxygen atoms in total. The summed E-state index contributed by atoms with van der Waals surface area (Å²) >= 11 is 0. The number of carbonyl (C=O) groups is 1. The van der Waals surface area contributed by atoms with Crippen LogP contribution in [-0.2, 0) is 0 Å². The Morgan fingerprint density at radius 1 is 1.11 bits per heavy atom. The van der Waals surface area contributed by atoms with Crippen molar-refractivity contribution in [1.82, 2.24) is 15.2 Å². The van der Waals surface area contributed by atoms with Crippen LogP contribution in [0.2, 0.25) is 0 Å². The third-order valence-electron chi connectivity index (χ3n) is 5.81. The van der Waals surface area contributed by atoms with Gasteiger partial charge in [0.05, 0.1) is 11.6 Å². The fraction of sp³-hybridized carbons (Fsp3) is 0.545. The van der Waals surface area contributed by atoms with E-state index in [9.17, 15) is 4.79 Å². The Hall–Kier alpha value is -2.34. The van der Waals surface area contributed by atoms with Crippen molar-refractivity contribution in [2.75, 3.05) is 37.6 Å². The van der Waals surface area contributed by atoms with E-state index >= 15 is 0 Å². The summed E-state index contributed by atoms with van der Waals surface area (Å²) in [6.45, 7) is 6.54. The number of furan rings is 1. The molecule has 2 fully saturated rings. The minimum atomic E-state index is -0.0545. The molecule has 6 heteroatoms. The summed E-state index contributed by atoms with van der Waals surface area (Å²) in [6.07, 6.45) is 7.75. The third-order valence-corrected chi connectivity index (χ3v) is 5.81. The second-order valence-corrected chi connectivity index (χ2v) is 7.84. The molecule has 4 rings (SSSR count). The maximum atomic E-state index is 13.0. The Morgan fingerprint density at radius 3 is 2.57 bits per heavy atom. The molecule has 2 aliphatic rings. The van der Waals surface area contributed by atoms with Gasteiger partial charge >= 0.3 is 0 Å². The van der Waals surface area contributed by atoms with E-state index in [-0.39, 0.29) is 11.9 Å². The topological polar surface area (TPSA) is 61.6 Å². The minimum Gasteiger partial charge on any atom is -0.465 e. The molecule has 1 amide bonds. The first-order valence-electron chi connectivity index (χ1n) is 10.5. The van der Waals surface area contributed by atoms with Gasteiger partial charge in [0.2, 0.25) is 0 Å². The zero-order chi connectivity index (χ0) is 19.3. The van der Waals surface area contributed by atoms with E-state index < -0.39 is 0 Å². The molecular formula is C22H30N4O2. The van der Waals surface area contributed by atoms with Gasteiger partial charge in [0.25, 0.3) is 5.91 Å². The molecule has 0 saturated carbocycles. The first-order valence-corrected chi connectivity index (χ1v) is 10.5. The van der Waals surface area contributed by atoms with E-state index in [1.165, 1.54) is 19.3 Å². The summed E-state index contributed by atoms with van der Waals surface area (Å²) in [5, 5.41) is 3.16. The number of nitrogens with zero attached hydrogens (tertiary/aromatic N) is 3. The summed E-state index contributed by atoms with van der Waals surface area (Å²) in [6, 6.07) is 7.84. The average molecular weight is 383 g/mol. The van der Waals surface area contributed by atoms with Crippen LogP contribution in [0.3, 0.4) is 0 Å². The molecule has 1 unspecified atom stereocenters. The lowest BCUT2D eigenvalue weighted by atomic mass is 10.1. The highest BCUT2D eigenvalue weighted by molar-refractivity contribution is 5.98. The number of hydrogen-bond donors (Lipinski definition) is 1. The summed E-state index contributed by atoms with van der Waals surface area (Å²) < 4.78 is 5.90. The number of aromatic nitrogens is 1. The zero-order valence-electron chi connectivity index (χ0n) is 16.7. The largest absolute Gasteiger partial charge is 0.465 e. The quantitative estimate of drug-likeness (QED) is 0.828. The number of nitrogens with one attached hydrogen (secondary N) is 1. The zero-order valence-corrected chi connectivity index (χ0v) is 16.7. The Balaban J connectivity index is 1.48. The number of piperidine rings is 1. The summed E-state index contributed by atoms with van der Waals surface area (Å²) in [5.41, 5.74) is 0.667. The van der Waals surface area contributed by atoms with Crippen LogP contribution < -0.4 is 10.2 Å². The van der Waals surface area contributed by atoms with Crippen LogP contribution in [0.25, 0.3) is 0 Å². The van der Waals surface area contributed by atoms with Crippen LogP contribution in [0.4, 0.5) is 5.82 Å². The second kappa shape index (κ2) is 8.78. The number of rotatable bonds is 6. The van der Waals surface area contributed by atoms with Gasteiger partial charge in [-0.15, -0.1) is 0 Å². The van der Waals surface area contributed by atoms with Crippen molar-refractivity contribution in [2.24, 2.45) is 0 Å². The van der Waals surface area contributed by atoms with E-state index in [0.29, 0.717) is 12.1 Å². The van der Waals surface area contributed by atoms with Crippen molar-refractivity contribution >= 4 is 11.7 Å². The first kappa shape index (κ1) is 19.0.